The standard InChI is InChI=1S/C16H10Cl2N2O2S2/c17-13-8-11(14(18)24-13)15(21)19-9-3-1-4-10(7-9)20-16(22)12-5-2-6-23-12/h1-8H,(H,19,21)(H,20,22). The highest BCUT2D eigenvalue weighted by Crippen LogP contribution is 2.31. The van der Waals surface area contributed by atoms with E-state index >= 15 is 0 Å². The summed E-state index contributed by atoms with van der Waals surface area (Å²) in [5.74, 6) is -0.550. The number of hydrogen-bond donors (Lipinski definition) is 2. The summed E-state index contributed by atoms with van der Waals surface area (Å²) >= 11 is 14.3. The van der Waals surface area contributed by atoms with E-state index in [2.05, 4.69) is 10.6 Å². The van der Waals surface area contributed by atoms with Crippen LogP contribution in [0, 0.1) is 0 Å². The fourth-order valence-corrected chi connectivity index (χ4v) is 4.05. The molecule has 0 bridgehead atoms. The molecule has 0 spiro atoms. The molecule has 0 fully saturated rings. The van der Waals surface area contributed by atoms with E-state index in [-0.39, 0.29) is 11.8 Å². The molecule has 122 valence electrons. The molecular weight excluding hydrogens is 387 g/mol. The van der Waals surface area contributed by atoms with Gasteiger partial charge in [0.05, 0.1) is 14.8 Å². The SMILES string of the molecule is O=C(Nc1cccc(NC(=O)c2cc(Cl)sc2Cl)c1)c1cccs1. The van der Waals surface area contributed by atoms with E-state index in [0.29, 0.717) is 30.5 Å². The number of benzene rings is 1. The second kappa shape index (κ2) is 7.36. The molecule has 1 aromatic carbocycles. The Balaban J connectivity index is 1.72. The average Bonchev–Trinajstić information content (AvgIpc) is 3.17. The predicted molar refractivity (Wildman–Crippen MR) is 101 cm³/mol. The molecular formula is C16H10Cl2N2O2S2. The predicted octanol–water partition coefficient (Wildman–Crippen LogP) is 5.62. The molecule has 0 saturated carbocycles. The lowest BCUT2D eigenvalue weighted by Gasteiger charge is -2.08. The minimum Gasteiger partial charge on any atom is -0.322 e. The second-order valence-corrected chi connectivity index (χ2v) is 7.94. The Morgan fingerprint density at radius 1 is 0.917 bits per heavy atom. The number of hydrogen-bond acceptors (Lipinski definition) is 4. The summed E-state index contributed by atoms with van der Waals surface area (Å²) in [6, 6.07) is 12.0. The minimum absolute atomic E-state index is 0.193. The zero-order valence-electron chi connectivity index (χ0n) is 12.0. The zero-order valence-corrected chi connectivity index (χ0v) is 15.2. The maximum atomic E-state index is 12.2. The van der Waals surface area contributed by atoms with Crippen LogP contribution in [0.2, 0.25) is 8.67 Å². The Kier molecular flexibility index (Phi) is 5.20. The molecule has 0 atom stereocenters. The normalized spacial score (nSPS) is 10.4. The molecule has 2 heterocycles. The molecule has 0 aliphatic rings. The van der Waals surface area contributed by atoms with Gasteiger partial charge in [0.2, 0.25) is 0 Å². The van der Waals surface area contributed by atoms with Crippen molar-refractivity contribution in [3.63, 3.8) is 0 Å². The quantitative estimate of drug-likeness (QED) is 0.600. The van der Waals surface area contributed by atoms with Crippen molar-refractivity contribution in [1.82, 2.24) is 0 Å². The van der Waals surface area contributed by atoms with Crippen LogP contribution < -0.4 is 10.6 Å². The lowest BCUT2D eigenvalue weighted by Crippen LogP contribution is -2.13. The van der Waals surface area contributed by atoms with Gasteiger partial charge in [0.1, 0.15) is 4.34 Å². The van der Waals surface area contributed by atoms with E-state index in [1.165, 1.54) is 17.4 Å². The van der Waals surface area contributed by atoms with Crippen molar-refractivity contribution in [2.24, 2.45) is 0 Å². The van der Waals surface area contributed by atoms with E-state index in [9.17, 15) is 9.59 Å². The number of nitrogens with one attached hydrogen (secondary N) is 2. The summed E-state index contributed by atoms with van der Waals surface area (Å²) < 4.78 is 0.779. The highest BCUT2D eigenvalue weighted by Gasteiger charge is 2.15. The minimum atomic E-state index is -0.357. The van der Waals surface area contributed by atoms with Gasteiger partial charge in [-0.1, -0.05) is 35.3 Å². The van der Waals surface area contributed by atoms with Gasteiger partial charge in [-0.05, 0) is 35.7 Å². The number of anilines is 2. The zero-order chi connectivity index (χ0) is 17.1. The van der Waals surface area contributed by atoms with E-state index < -0.39 is 0 Å². The topological polar surface area (TPSA) is 58.2 Å². The van der Waals surface area contributed by atoms with Gasteiger partial charge in [0, 0.05) is 11.4 Å². The van der Waals surface area contributed by atoms with E-state index in [1.807, 2.05) is 11.4 Å². The Hall–Kier alpha value is -1.86. The van der Waals surface area contributed by atoms with Crippen molar-refractivity contribution >= 4 is 69.1 Å². The third-order valence-corrected chi connectivity index (χ3v) is 5.38. The molecule has 3 aromatic rings. The average molecular weight is 397 g/mol. The number of amides is 2. The summed E-state index contributed by atoms with van der Waals surface area (Å²) in [6.45, 7) is 0. The van der Waals surface area contributed by atoms with Crippen LogP contribution >= 0.6 is 45.9 Å². The van der Waals surface area contributed by atoms with Gasteiger partial charge >= 0.3 is 0 Å². The van der Waals surface area contributed by atoms with Crippen LogP contribution in [-0.2, 0) is 0 Å². The van der Waals surface area contributed by atoms with Crippen LogP contribution in [0.25, 0.3) is 0 Å². The van der Waals surface area contributed by atoms with Crippen LogP contribution in [0.4, 0.5) is 11.4 Å². The number of thiophene rings is 2. The lowest BCUT2D eigenvalue weighted by atomic mass is 10.2. The molecule has 3 rings (SSSR count). The van der Waals surface area contributed by atoms with Crippen molar-refractivity contribution in [3.8, 4) is 0 Å². The highest BCUT2D eigenvalue weighted by atomic mass is 35.5. The van der Waals surface area contributed by atoms with Crippen LogP contribution in [0.3, 0.4) is 0 Å². The molecule has 0 saturated heterocycles. The lowest BCUT2D eigenvalue weighted by molar-refractivity contribution is 0.102. The summed E-state index contributed by atoms with van der Waals surface area (Å²) in [5, 5.41) is 7.36. The van der Waals surface area contributed by atoms with Gasteiger partial charge in [0.25, 0.3) is 11.8 Å². The van der Waals surface area contributed by atoms with Crippen LogP contribution in [0.1, 0.15) is 20.0 Å². The first kappa shape index (κ1) is 17.0. The molecule has 0 radical (unpaired) electrons. The third kappa shape index (κ3) is 3.96. The first-order valence-electron chi connectivity index (χ1n) is 6.74. The Morgan fingerprint density at radius 2 is 1.62 bits per heavy atom. The number of halogens is 2. The van der Waals surface area contributed by atoms with Gasteiger partial charge in [-0.25, -0.2) is 0 Å². The fourth-order valence-electron chi connectivity index (χ4n) is 1.97. The Labute approximate surface area is 156 Å². The summed E-state index contributed by atoms with van der Waals surface area (Å²) in [7, 11) is 0. The molecule has 24 heavy (non-hydrogen) atoms. The molecule has 0 aliphatic heterocycles. The number of carbonyl (C=O) groups is 2. The number of carbonyl (C=O) groups excluding carboxylic acids is 2. The third-order valence-electron chi connectivity index (χ3n) is 3.02. The molecule has 4 nitrogen and oxygen atoms in total. The van der Waals surface area contributed by atoms with Gasteiger partial charge < -0.3 is 10.6 Å². The molecule has 2 amide bonds. The van der Waals surface area contributed by atoms with Gasteiger partial charge in [-0.2, -0.15) is 0 Å². The summed E-state index contributed by atoms with van der Waals surface area (Å²) in [6.07, 6.45) is 0. The molecule has 2 aromatic heterocycles. The Morgan fingerprint density at radius 3 is 2.21 bits per heavy atom. The van der Waals surface area contributed by atoms with Crippen LogP contribution in [0.5, 0.6) is 0 Å². The largest absolute Gasteiger partial charge is 0.322 e. The van der Waals surface area contributed by atoms with Gasteiger partial charge in [0.15, 0.2) is 0 Å². The highest BCUT2D eigenvalue weighted by molar-refractivity contribution is 7.20. The monoisotopic (exact) mass is 396 g/mol. The summed E-state index contributed by atoms with van der Waals surface area (Å²) in [4.78, 5) is 24.9. The van der Waals surface area contributed by atoms with E-state index in [0.717, 1.165) is 11.3 Å². The first-order chi connectivity index (χ1) is 11.5. The van der Waals surface area contributed by atoms with Gasteiger partial charge in [-0.3, -0.25) is 9.59 Å². The second-order valence-electron chi connectivity index (χ2n) is 4.70. The molecule has 8 heteroatoms. The molecule has 0 aliphatic carbocycles. The smallest absolute Gasteiger partial charge is 0.265 e. The first-order valence-corrected chi connectivity index (χ1v) is 9.19. The maximum absolute atomic E-state index is 12.2. The maximum Gasteiger partial charge on any atom is 0.265 e. The van der Waals surface area contributed by atoms with Gasteiger partial charge in [-0.15, -0.1) is 22.7 Å². The van der Waals surface area contributed by atoms with Crippen molar-refractivity contribution in [1.29, 1.82) is 0 Å². The van der Waals surface area contributed by atoms with E-state index in [1.54, 1.807) is 30.3 Å². The van der Waals surface area contributed by atoms with E-state index in [4.69, 9.17) is 23.2 Å². The van der Waals surface area contributed by atoms with Crippen LogP contribution in [-0.4, -0.2) is 11.8 Å². The van der Waals surface area contributed by atoms with Crippen molar-refractivity contribution in [3.05, 3.63) is 67.0 Å². The van der Waals surface area contributed by atoms with Crippen molar-refractivity contribution in [2.75, 3.05) is 10.6 Å². The molecule has 2 N–H and O–H groups in total. The number of rotatable bonds is 4. The summed E-state index contributed by atoms with van der Waals surface area (Å²) in [5.41, 5.74) is 1.45. The fraction of sp³-hybridized carbons (Fsp3) is 0. The Bertz CT molecular complexity index is 891. The van der Waals surface area contributed by atoms with Crippen molar-refractivity contribution < 1.29 is 9.59 Å². The molecule has 0 unspecified atom stereocenters. The van der Waals surface area contributed by atoms with Crippen LogP contribution in [0.15, 0.2) is 47.8 Å². The van der Waals surface area contributed by atoms with Crippen molar-refractivity contribution in [2.45, 2.75) is 0 Å².